The summed E-state index contributed by atoms with van der Waals surface area (Å²) in [6.07, 6.45) is 0. The average molecular weight is 326 g/mol. The van der Waals surface area contributed by atoms with Gasteiger partial charge in [0, 0.05) is 28.8 Å². The van der Waals surface area contributed by atoms with Gasteiger partial charge in [0.15, 0.2) is 0 Å². The molecular formula is C8H18Cl2IN. The smallest absolute Gasteiger partial charge is 0.0351 e. The van der Waals surface area contributed by atoms with Gasteiger partial charge >= 0.3 is 0 Å². The van der Waals surface area contributed by atoms with Crippen molar-refractivity contribution in [2.75, 3.05) is 31.9 Å². The minimum absolute atomic E-state index is 0.688. The molecule has 0 rings (SSSR count). The van der Waals surface area contributed by atoms with E-state index in [1.165, 1.54) is 0 Å². The van der Waals surface area contributed by atoms with Crippen LogP contribution in [0.15, 0.2) is 0 Å². The molecule has 0 saturated heterocycles. The van der Waals surface area contributed by atoms with Crippen LogP contribution >= 0.6 is 45.8 Å². The maximum atomic E-state index is 5.45. The molecule has 12 heavy (non-hydrogen) atoms. The minimum Gasteiger partial charge on any atom is -0.304 e. The fourth-order valence-corrected chi connectivity index (χ4v) is 0.977. The first-order chi connectivity index (χ1) is 5.54. The maximum Gasteiger partial charge on any atom is 0.0351 e. The molecule has 4 heteroatoms. The maximum absolute atomic E-state index is 5.45. The molecule has 0 heterocycles. The lowest BCUT2D eigenvalue weighted by molar-refractivity contribution is 0.378. The molecule has 76 valence electrons. The van der Waals surface area contributed by atoms with E-state index in [1.54, 1.807) is 0 Å². The summed E-state index contributed by atoms with van der Waals surface area (Å²) in [5, 5.41) is 0. The SMILES string of the molecule is CC(C)I.CN(CCCl)CCCl. The lowest BCUT2D eigenvalue weighted by Gasteiger charge is -2.11. The molecule has 0 atom stereocenters. The van der Waals surface area contributed by atoms with Crippen LogP contribution in [0.3, 0.4) is 0 Å². The molecule has 1 nitrogen and oxygen atoms in total. The van der Waals surface area contributed by atoms with Gasteiger partial charge in [0.2, 0.25) is 0 Å². The van der Waals surface area contributed by atoms with Crippen LogP contribution in [0.25, 0.3) is 0 Å². The fraction of sp³-hybridized carbons (Fsp3) is 1.00. The van der Waals surface area contributed by atoms with Crippen LogP contribution in [-0.4, -0.2) is 40.7 Å². The number of hydrogen-bond donors (Lipinski definition) is 0. The molecule has 0 saturated carbocycles. The van der Waals surface area contributed by atoms with Gasteiger partial charge in [-0.05, 0) is 7.05 Å². The Hall–Kier alpha value is 1.27. The number of alkyl halides is 3. The Morgan fingerprint density at radius 3 is 1.58 bits per heavy atom. The van der Waals surface area contributed by atoms with Gasteiger partial charge in [0.05, 0.1) is 0 Å². The summed E-state index contributed by atoms with van der Waals surface area (Å²) in [6.45, 7) is 6.16. The molecule has 0 N–H and O–H groups in total. The molecule has 0 aromatic carbocycles. The lowest BCUT2D eigenvalue weighted by Crippen LogP contribution is -2.22. The average Bonchev–Trinajstić information content (AvgIpc) is 1.87. The Kier molecular flexibility index (Phi) is 16.1. The number of hydrogen-bond acceptors (Lipinski definition) is 1. The topological polar surface area (TPSA) is 3.24 Å². The molecule has 0 spiro atoms. The van der Waals surface area contributed by atoms with Crippen molar-refractivity contribution < 1.29 is 0 Å². The van der Waals surface area contributed by atoms with Crippen molar-refractivity contribution in [3.8, 4) is 0 Å². The Labute approximate surface area is 99.9 Å². The van der Waals surface area contributed by atoms with Crippen LogP contribution in [0, 0.1) is 0 Å². The Morgan fingerprint density at radius 2 is 1.42 bits per heavy atom. The van der Waals surface area contributed by atoms with Crippen molar-refractivity contribution in [3.05, 3.63) is 0 Å². The third-order valence-corrected chi connectivity index (χ3v) is 1.27. The van der Waals surface area contributed by atoms with Crippen molar-refractivity contribution >= 4 is 45.8 Å². The molecule has 0 aromatic rings. The molecule has 0 amide bonds. The summed E-state index contributed by atoms with van der Waals surface area (Å²) in [6, 6.07) is 0. The first-order valence-corrected chi connectivity index (χ1v) is 6.30. The van der Waals surface area contributed by atoms with E-state index in [0.29, 0.717) is 11.8 Å². The predicted molar refractivity (Wildman–Crippen MR) is 68.1 cm³/mol. The Bertz CT molecular complexity index is 72.7. The number of rotatable bonds is 4. The van der Waals surface area contributed by atoms with Gasteiger partial charge in [-0.2, -0.15) is 0 Å². The third-order valence-electron chi connectivity index (χ3n) is 0.932. The summed E-state index contributed by atoms with van der Waals surface area (Å²) >= 11 is 13.2. The van der Waals surface area contributed by atoms with Gasteiger partial charge in [-0.1, -0.05) is 36.4 Å². The summed E-state index contributed by atoms with van der Waals surface area (Å²) in [5.41, 5.74) is 0. The summed E-state index contributed by atoms with van der Waals surface area (Å²) in [4.78, 5) is 2.10. The molecule has 0 radical (unpaired) electrons. The largest absolute Gasteiger partial charge is 0.304 e. The fourth-order valence-electron chi connectivity index (χ4n) is 0.400. The quantitative estimate of drug-likeness (QED) is 0.566. The van der Waals surface area contributed by atoms with Gasteiger partial charge < -0.3 is 4.90 Å². The van der Waals surface area contributed by atoms with E-state index >= 15 is 0 Å². The zero-order valence-electron chi connectivity index (χ0n) is 7.99. The van der Waals surface area contributed by atoms with E-state index in [2.05, 4.69) is 41.3 Å². The van der Waals surface area contributed by atoms with Crippen LogP contribution in [0.5, 0.6) is 0 Å². The highest BCUT2D eigenvalue weighted by molar-refractivity contribution is 14.1. The molecule has 0 aliphatic rings. The van der Waals surface area contributed by atoms with Crippen LogP contribution in [0.1, 0.15) is 13.8 Å². The van der Waals surface area contributed by atoms with E-state index in [1.807, 2.05) is 7.05 Å². The molecule has 0 aromatic heterocycles. The number of halogens is 3. The molecule has 0 fully saturated rings. The van der Waals surface area contributed by atoms with Crippen molar-refractivity contribution in [3.63, 3.8) is 0 Å². The van der Waals surface area contributed by atoms with Gasteiger partial charge in [-0.3, -0.25) is 0 Å². The first-order valence-electron chi connectivity index (χ1n) is 3.99. The van der Waals surface area contributed by atoms with E-state index in [4.69, 9.17) is 23.2 Å². The third kappa shape index (κ3) is 22.5. The second kappa shape index (κ2) is 12.3. The highest BCUT2D eigenvalue weighted by Crippen LogP contribution is 1.91. The van der Waals surface area contributed by atoms with Gasteiger partial charge in [-0.25, -0.2) is 0 Å². The standard InChI is InChI=1S/C5H11Cl2N.C3H7I/c1-8(4-2-6)5-3-7;1-3(2)4/h2-5H2,1H3;3H,1-2H3. The zero-order valence-corrected chi connectivity index (χ0v) is 11.7. The molecular weight excluding hydrogens is 308 g/mol. The van der Waals surface area contributed by atoms with Crippen molar-refractivity contribution in [2.45, 2.75) is 17.8 Å². The van der Waals surface area contributed by atoms with Crippen LogP contribution in [-0.2, 0) is 0 Å². The molecule has 0 unspecified atom stereocenters. The Morgan fingerprint density at radius 1 is 1.17 bits per heavy atom. The van der Waals surface area contributed by atoms with Crippen LogP contribution < -0.4 is 0 Å². The number of nitrogens with zero attached hydrogens (tertiary/aromatic N) is 1. The highest BCUT2D eigenvalue weighted by Gasteiger charge is 1.92. The first kappa shape index (κ1) is 15.7. The van der Waals surface area contributed by atoms with Crippen LogP contribution in [0.2, 0.25) is 0 Å². The predicted octanol–water partition coefficient (Wildman–Crippen LogP) is 3.23. The van der Waals surface area contributed by atoms with E-state index in [9.17, 15) is 0 Å². The van der Waals surface area contributed by atoms with Gasteiger partial charge in [0.1, 0.15) is 0 Å². The normalized spacial score (nSPS) is 10.0. The van der Waals surface area contributed by atoms with E-state index in [-0.39, 0.29) is 0 Å². The summed E-state index contributed by atoms with van der Waals surface area (Å²) in [7, 11) is 2.00. The second-order valence-corrected chi connectivity index (χ2v) is 5.94. The molecule has 0 aliphatic heterocycles. The highest BCUT2D eigenvalue weighted by atomic mass is 127. The summed E-state index contributed by atoms with van der Waals surface area (Å²) in [5.74, 6) is 1.38. The van der Waals surface area contributed by atoms with Crippen molar-refractivity contribution in [2.24, 2.45) is 0 Å². The van der Waals surface area contributed by atoms with Crippen LogP contribution in [0.4, 0.5) is 0 Å². The van der Waals surface area contributed by atoms with Gasteiger partial charge in [0.25, 0.3) is 0 Å². The molecule has 0 bridgehead atoms. The van der Waals surface area contributed by atoms with Crippen molar-refractivity contribution in [1.82, 2.24) is 4.90 Å². The lowest BCUT2D eigenvalue weighted by atomic mass is 10.6. The second-order valence-electron chi connectivity index (χ2n) is 2.70. The van der Waals surface area contributed by atoms with Crippen molar-refractivity contribution in [1.29, 1.82) is 0 Å². The van der Waals surface area contributed by atoms with Gasteiger partial charge in [-0.15, -0.1) is 23.2 Å². The zero-order chi connectivity index (χ0) is 9.98. The monoisotopic (exact) mass is 325 g/mol. The molecule has 0 aliphatic carbocycles. The minimum atomic E-state index is 0.688. The Balaban J connectivity index is 0. The van der Waals surface area contributed by atoms with E-state index < -0.39 is 0 Å². The summed E-state index contributed by atoms with van der Waals surface area (Å²) < 4.78 is 0.803. The van der Waals surface area contributed by atoms with E-state index in [0.717, 1.165) is 17.0 Å².